The molecule has 1 aromatic rings. The Hall–Kier alpha value is -1.30. The van der Waals surface area contributed by atoms with Crippen LogP contribution in [0.4, 0.5) is 0 Å². The van der Waals surface area contributed by atoms with Crippen molar-refractivity contribution in [1.29, 1.82) is 0 Å². The first-order valence-corrected chi connectivity index (χ1v) is 7.43. The van der Waals surface area contributed by atoms with E-state index in [0.717, 1.165) is 18.8 Å². The molecular formula is C13H21N3O2S. The van der Waals surface area contributed by atoms with Crippen LogP contribution in [-0.2, 0) is 22.5 Å². The average Bonchev–Trinajstić information content (AvgIpc) is 3.11. The number of rotatable bonds is 5. The van der Waals surface area contributed by atoms with Gasteiger partial charge in [-0.05, 0) is 0 Å². The maximum atomic E-state index is 11.0. The van der Waals surface area contributed by atoms with Gasteiger partial charge in [0, 0.05) is 24.4 Å². The minimum atomic E-state index is -0.195. The lowest BCUT2D eigenvalue weighted by Gasteiger charge is -2.06. The number of hydrogen-bond acceptors (Lipinski definition) is 5. The summed E-state index contributed by atoms with van der Waals surface area (Å²) < 4.78 is 6.65. The highest BCUT2D eigenvalue weighted by molar-refractivity contribution is 8.12. The number of carbonyl (C=O) groups is 1. The Morgan fingerprint density at radius 2 is 2.37 bits per heavy atom. The third-order valence-corrected chi connectivity index (χ3v) is 3.50. The standard InChI is InChI=1S/C11H15N3O2S.C2H6/c1-16-11(15)3-2-9-5-14(7-13-9)6-10-4-12-8-17-10;1-2/h5,7-8,10H,2-4,6H2,1H3;1-2H3. The van der Waals surface area contributed by atoms with Gasteiger partial charge in [0.05, 0.1) is 37.6 Å². The number of carbonyl (C=O) groups excluding carboxylic acids is 1. The molecule has 1 atom stereocenters. The van der Waals surface area contributed by atoms with Crippen LogP contribution in [0.2, 0.25) is 0 Å². The summed E-state index contributed by atoms with van der Waals surface area (Å²) in [5, 5.41) is 0.512. The fourth-order valence-electron chi connectivity index (χ4n) is 1.64. The third-order valence-electron chi connectivity index (χ3n) is 2.55. The normalized spacial score (nSPS) is 16.9. The number of imidazole rings is 1. The van der Waals surface area contributed by atoms with E-state index in [1.807, 2.05) is 31.9 Å². The number of thioether (sulfide) groups is 1. The second kappa shape index (κ2) is 8.74. The molecule has 0 fully saturated rings. The largest absolute Gasteiger partial charge is 0.469 e. The lowest BCUT2D eigenvalue weighted by molar-refractivity contribution is -0.140. The van der Waals surface area contributed by atoms with Crippen LogP contribution in [0.1, 0.15) is 26.0 Å². The summed E-state index contributed by atoms with van der Waals surface area (Å²) in [5.41, 5.74) is 2.83. The van der Waals surface area contributed by atoms with Gasteiger partial charge in [0.1, 0.15) is 0 Å². The number of nitrogens with zero attached hydrogens (tertiary/aromatic N) is 3. The van der Waals surface area contributed by atoms with Crippen molar-refractivity contribution in [1.82, 2.24) is 9.55 Å². The summed E-state index contributed by atoms with van der Waals surface area (Å²) in [4.78, 5) is 19.4. The zero-order chi connectivity index (χ0) is 14.1. The Balaban J connectivity index is 0.000000861. The van der Waals surface area contributed by atoms with Gasteiger partial charge in [-0.15, -0.1) is 11.8 Å². The van der Waals surface area contributed by atoms with Gasteiger partial charge in [0.2, 0.25) is 0 Å². The first-order valence-electron chi connectivity index (χ1n) is 6.49. The lowest BCUT2D eigenvalue weighted by atomic mass is 10.2. The number of esters is 1. The quantitative estimate of drug-likeness (QED) is 0.777. The predicted octanol–water partition coefficient (Wildman–Crippen LogP) is 2.16. The molecule has 0 aromatic carbocycles. The minimum Gasteiger partial charge on any atom is -0.469 e. The molecule has 6 heteroatoms. The molecule has 2 rings (SSSR count). The number of hydrogen-bond donors (Lipinski definition) is 0. The number of ether oxygens (including phenoxy) is 1. The third kappa shape index (κ3) is 5.46. The maximum absolute atomic E-state index is 11.0. The van der Waals surface area contributed by atoms with Crippen molar-refractivity contribution in [2.24, 2.45) is 4.99 Å². The summed E-state index contributed by atoms with van der Waals surface area (Å²) in [6.07, 6.45) is 4.82. The first-order chi connectivity index (χ1) is 9.28. The van der Waals surface area contributed by atoms with Crippen LogP contribution in [0.5, 0.6) is 0 Å². The van der Waals surface area contributed by atoms with Gasteiger partial charge < -0.3 is 9.30 Å². The van der Waals surface area contributed by atoms with Gasteiger partial charge in [0.15, 0.2) is 0 Å². The number of aliphatic imine (C=N–C) groups is 1. The van der Waals surface area contributed by atoms with Crippen LogP contribution in [0.15, 0.2) is 17.5 Å². The summed E-state index contributed by atoms with van der Waals surface area (Å²) in [6, 6.07) is 0. The van der Waals surface area contributed by atoms with Gasteiger partial charge in [-0.1, -0.05) is 13.8 Å². The highest BCUT2D eigenvalue weighted by Gasteiger charge is 2.13. The predicted molar refractivity (Wildman–Crippen MR) is 78.7 cm³/mol. The number of aromatic nitrogens is 2. The molecule has 0 radical (unpaired) electrons. The molecule has 0 saturated heterocycles. The van der Waals surface area contributed by atoms with E-state index in [1.165, 1.54) is 7.11 Å². The second-order valence-corrected chi connectivity index (χ2v) is 5.02. The SMILES string of the molecule is CC.COC(=O)CCc1cn(CC2CN=CS2)cn1. The van der Waals surface area contributed by atoms with E-state index in [-0.39, 0.29) is 5.97 Å². The minimum absolute atomic E-state index is 0.195. The van der Waals surface area contributed by atoms with Gasteiger partial charge in [-0.2, -0.15) is 0 Å². The monoisotopic (exact) mass is 283 g/mol. The molecule has 0 N–H and O–H groups in total. The van der Waals surface area contributed by atoms with Crippen LogP contribution < -0.4 is 0 Å². The van der Waals surface area contributed by atoms with Gasteiger partial charge in [-0.3, -0.25) is 9.79 Å². The number of methoxy groups -OCH3 is 1. The molecule has 1 aliphatic rings. The zero-order valence-corrected chi connectivity index (χ0v) is 12.5. The molecule has 0 amide bonds. The fraction of sp³-hybridized carbons (Fsp3) is 0.615. The number of aryl methyl sites for hydroxylation is 1. The topological polar surface area (TPSA) is 56.5 Å². The molecule has 1 unspecified atom stereocenters. The van der Waals surface area contributed by atoms with Crippen LogP contribution >= 0.6 is 11.8 Å². The summed E-state index contributed by atoms with van der Waals surface area (Å²) in [6.45, 7) is 5.79. The summed E-state index contributed by atoms with van der Waals surface area (Å²) >= 11 is 1.75. The molecule has 0 bridgehead atoms. The van der Waals surface area contributed by atoms with E-state index in [9.17, 15) is 4.79 Å². The van der Waals surface area contributed by atoms with E-state index < -0.39 is 0 Å². The van der Waals surface area contributed by atoms with Crippen molar-refractivity contribution in [2.45, 2.75) is 38.5 Å². The van der Waals surface area contributed by atoms with Crippen LogP contribution in [-0.4, -0.2) is 40.0 Å². The van der Waals surface area contributed by atoms with E-state index in [0.29, 0.717) is 18.1 Å². The molecule has 1 aliphatic heterocycles. The maximum Gasteiger partial charge on any atom is 0.305 e. The van der Waals surface area contributed by atoms with Crippen molar-refractivity contribution in [3.63, 3.8) is 0 Å². The van der Waals surface area contributed by atoms with Crippen LogP contribution in [0.25, 0.3) is 0 Å². The molecule has 1 aromatic heterocycles. The summed E-state index contributed by atoms with van der Waals surface area (Å²) in [5.74, 6) is -0.195. The second-order valence-electron chi connectivity index (χ2n) is 3.87. The van der Waals surface area contributed by atoms with Gasteiger partial charge in [-0.25, -0.2) is 4.98 Å². The molecule has 0 spiro atoms. The van der Waals surface area contributed by atoms with Crippen molar-refractivity contribution < 1.29 is 9.53 Å². The van der Waals surface area contributed by atoms with Crippen molar-refractivity contribution >= 4 is 23.3 Å². The molecule has 19 heavy (non-hydrogen) atoms. The summed E-state index contributed by atoms with van der Waals surface area (Å²) in [7, 11) is 1.40. The van der Waals surface area contributed by atoms with E-state index in [2.05, 4.69) is 19.3 Å². The molecule has 106 valence electrons. The molecular weight excluding hydrogens is 262 g/mol. The lowest BCUT2D eigenvalue weighted by Crippen LogP contribution is -2.11. The van der Waals surface area contributed by atoms with Gasteiger partial charge >= 0.3 is 5.97 Å². The average molecular weight is 283 g/mol. The molecule has 0 aliphatic carbocycles. The van der Waals surface area contributed by atoms with E-state index >= 15 is 0 Å². The Bertz CT molecular complexity index is 410. The van der Waals surface area contributed by atoms with Gasteiger partial charge in [0.25, 0.3) is 0 Å². The smallest absolute Gasteiger partial charge is 0.305 e. The molecule has 5 nitrogen and oxygen atoms in total. The highest BCUT2D eigenvalue weighted by Crippen LogP contribution is 2.16. The highest BCUT2D eigenvalue weighted by atomic mass is 32.2. The Morgan fingerprint density at radius 1 is 1.58 bits per heavy atom. The Morgan fingerprint density at radius 3 is 3.00 bits per heavy atom. The van der Waals surface area contributed by atoms with Crippen LogP contribution in [0, 0.1) is 0 Å². The zero-order valence-electron chi connectivity index (χ0n) is 11.7. The molecule has 2 heterocycles. The van der Waals surface area contributed by atoms with Crippen LogP contribution in [0.3, 0.4) is 0 Å². The first kappa shape index (κ1) is 15.8. The van der Waals surface area contributed by atoms with E-state index in [1.54, 1.807) is 11.8 Å². The fourth-order valence-corrected chi connectivity index (χ4v) is 2.41. The van der Waals surface area contributed by atoms with E-state index in [4.69, 9.17) is 0 Å². The molecule has 0 saturated carbocycles. The Kier molecular flexibility index (Phi) is 7.25. The van der Waals surface area contributed by atoms with Crippen molar-refractivity contribution in [3.8, 4) is 0 Å². The van der Waals surface area contributed by atoms with Crippen molar-refractivity contribution in [3.05, 3.63) is 18.2 Å². The van der Waals surface area contributed by atoms with Crippen molar-refractivity contribution in [2.75, 3.05) is 13.7 Å². The Labute approximate surface area is 118 Å².